The molecule has 1 saturated heterocycles. The summed E-state index contributed by atoms with van der Waals surface area (Å²) >= 11 is 7.70. The Bertz CT molecular complexity index is 1060. The third-order valence-electron chi connectivity index (χ3n) is 7.34. The number of carbonyl (C=O) groups excluding carboxylic acids is 2. The first kappa shape index (κ1) is 25.2. The third kappa shape index (κ3) is 5.84. The smallest absolute Gasteiger partial charge is 0.258 e. The maximum atomic E-state index is 13.5. The fourth-order valence-electron chi connectivity index (χ4n) is 5.16. The molecule has 2 aliphatic rings. The van der Waals surface area contributed by atoms with Crippen LogP contribution in [-0.2, 0) is 17.6 Å². The Labute approximate surface area is 212 Å². The fraction of sp³-hybridized carbons (Fsp3) is 0.556. The molecule has 2 heterocycles. The van der Waals surface area contributed by atoms with Crippen LogP contribution in [0, 0.1) is 11.3 Å². The van der Waals surface area contributed by atoms with Gasteiger partial charge in [0.1, 0.15) is 5.00 Å². The predicted octanol–water partition coefficient (Wildman–Crippen LogP) is 6.62. The molecule has 34 heavy (non-hydrogen) atoms. The number of nitrogens with zero attached hydrogens (tertiary/aromatic N) is 1. The number of rotatable bonds is 5. The van der Waals surface area contributed by atoms with Crippen LogP contribution in [0.1, 0.15) is 74.2 Å². The first-order chi connectivity index (χ1) is 16.1. The van der Waals surface area contributed by atoms with Crippen molar-refractivity contribution < 1.29 is 9.59 Å². The average molecular weight is 502 g/mol. The highest BCUT2D eigenvalue weighted by Crippen LogP contribution is 2.44. The molecule has 2 amide bonds. The molecule has 1 aromatic carbocycles. The lowest BCUT2D eigenvalue weighted by atomic mass is 9.72. The molecule has 0 saturated carbocycles. The first-order valence-corrected chi connectivity index (χ1v) is 13.6. The van der Waals surface area contributed by atoms with Crippen molar-refractivity contribution in [3.63, 3.8) is 0 Å². The zero-order valence-electron chi connectivity index (χ0n) is 20.7. The van der Waals surface area contributed by atoms with E-state index < -0.39 is 0 Å². The maximum Gasteiger partial charge on any atom is 0.258 e. The van der Waals surface area contributed by atoms with E-state index in [9.17, 15) is 9.59 Å². The van der Waals surface area contributed by atoms with E-state index in [0.717, 1.165) is 44.2 Å². The Morgan fingerprint density at radius 3 is 2.68 bits per heavy atom. The summed E-state index contributed by atoms with van der Waals surface area (Å²) < 4.78 is 0. The molecule has 0 unspecified atom stereocenters. The van der Waals surface area contributed by atoms with E-state index in [1.165, 1.54) is 11.3 Å². The van der Waals surface area contributed by atoms with Crippen molar-refractivity contribution in [3.8, 4) is 0 Å². The summed E-state index contributed by atoms with van der Waals surface area (Å²) in [7, 11) is 0. The van der Waals surface area contributed by atoms with Crippen LogP contribution in [0.15, 0.2) is 24.3 Å². The second-order valence-corrected chi connectivity index (χ2v) is 12.4. The summed E-state index contributed by atoms with van der Waals surface area (Å²) in [5.74, 6) is 0.326. The van der Waals surface area contributed by atoms with Gasteiger partial charge < -0.3 is 10.6 Å². The zero-order valence-corrected chi connectivity index (χ0v) is 22.2. The molecule has 1 aliphatic heterocycles. The van der Waals surface area contributed by atoms with Crippen LogP contribution in [0.4, 0.5) is 10.7 Å². The highest BCUT2D eigenvalue weighted by Gasteiger charge is 2.34. The predicted molar refractivity (Wildman–Crippen MR) is 142 cm³/mol. The maximum absolute atomic E-state index is 13.5. The number of halogens is 1. The molecule has 1 aromatic heterocycles. The quantitative estimate of drug-likeness (QED) is 0.484. The normalized spacial score (nSPS) is 21.1. The van der Waals surface area contributed by atoms with Gasteiger partial charge in [0.25, 0.3) is 5.91 Å². The van der Waals surface area contributed by atoms with E-state index in [2.05, 4.69) is 43.2 Å². The number of hydrogen-bond acceptors (Lipinski definition) is 4. The minimum absolute atomic E-state index is 0.0449. The summed E-state index contributed by atoms with van der Waals surface area (Å²) in [6, 6.07) is 7.58. The Hall–Kier alpha value is -1.89. The van der Waals surface area contributed by atoms with Gasteiger partial charge in [-0.15, -0.1) is 11.3 Å². The van der Waals surface area contributed by atoms with Crippen molar-refractivity contribution in [1.29, 1.82) is 0 Å². The molecule has 4 rings (SSSR count). The molecule has 0 radical (unpaired) electrons. The van der Waals surface area contributed by atoms with Crippen molar-refractivity contribution in [2.45, 2.75) is 72.3 Å². The average Bonchev–Trinajstić information content (AvgIpc) is 3.11. The SMILES string of the molecule is C[C@H]1CCCCN1CC(=O)Nc1sc2c(c1C(=O)Nc1cccc(Cl)c1)CC[C@H](C(C)(C)C)C2. The van der Waals surface area contributed by atoms with Gasteiger partial charge in [0.2, 0.25) is 5.91 Å². The number of carbonyl (C=O) groups is 2. The lowest BCUT2D eigenvalue weighted by Gasteiger charge is -2.33. The van der Waals surface area contributed by atoms with E-state index in [0.29, 0.717) is 39.8 Å². The van der Waals surface area contributed by atoms with Gasteiger partial charge in [-0.1, -0.05) is 44.9 Å². The van der Waals surface area contributed by atoms with E-state index in [-0.39, 0.29) is 17.2 Å². The standard InChI is InChI=1S/C27H36ClN3O2S/c1-17-8-5-6-13-31(17)16-23(32)30-26-24(25(33)29-20-10-7-9-19(28)15-20)21-12-11-18(27(2,3)4)14-22(21)34-26/h7,9-10,15,17-18H,5-6,8,11-14,16H2,1-4H3,(H,29,33)(H,30,32)/t17-,18-/m0/s1. The number of piperidine rings is 1. The summed E-state index contributed by atoms with van der Waals surface area (Å²) in [5.41, 5.74) is 2.57. The molecule has 1 fully saturated rings. The lowest BCUT2D eigenvalue weighted by molar-refractivity contribution is -0.118. The molecule has 2 N–H and O–H groups in total. The van der Waals surface area contributed by atoms with Crippen molar-refractivity contribution in [2.75, 3.05) is 23.7 Å². The molecular formula is C27H36ClN3O2S. The van der Waals surface area contributed by atoms with Crippen LogP contribution < -0.4 is 10.6 Å². The van der Waals surface area contributed by atoms with E-state index in [4.69, 9.17) is 11.6 Å². The van der Waals surface area contributed by atoms with Crippen LogP contribution >= 0.6 is 22.9 Å². The third-order valence-corrected chi connectivity index (χ3v) is 8.74. The fourth-order valence-corrected chi connectivity index (χ4v) is 6.69. The molecule has 1 aliphatic carbocycles. The molecule has 2 atom stereocenters. The zero-order chi connectivity index (χ0) is 24.5. The van der Waals surface area contributed by atoms with Crippen molar-refractivity contribution in [3.05, 3.63) is 45.3 Å². The molecule has 2 aromatic rings. The summed E-state index contributed by atoms with van der Waals surface area (Å²) in [4.78, 5) is 30.0. The largest absolute Gasteiger partial charge is 0.322 e. The molecule has 5 nitrogen and oxygen atoms in total. The van der Waals surface area contributed by atoms with E-state index >= 15 is 0 Å². The van der Waals surface area contributed by atoms with Gasteiger partial charge in [-0.25, -0.2) is 0 Å². The van der Waals surface area contributed by atoms with Gasteiger partial charge in [0.15, 0.2) is 0 Å². The van der Waals surface area contributed by atoms with E-state index in [1.54, 1.807) is 23.5 Å². The van der Waals surface area contributed by atoms with Gasteiger partial charge >= 0.3 is 0 Å². The molecule has 7 heteroatoms. The van der Waals surface area contributed by atoms with Crippen molar-refractivity contribution in [2.24, 2.45) is 11.3 Å². The summed E-state index contributed by atoms with van der Waals surface area (Å²) in [6.07, 6.45) is 6.32. The Morgan fingerprint density at radius 1 is 1.18 bits per heavy atom. The lowest BCUT2D eigenvalue weighted by Crippen LogP contribution is -2.42. The number of amides is 2. The Balaban J connectivity index is 1.59. The van der Waals surface area contributed by atoms with Crippen molar-refractivity contribution in [1.82, 2.24) is 4.90 Å². The highest BCUT2D eigenvalue weighted by molar-refractivity contribution is 7.17. The first-order valence-electron chi connectivity index (χ1n) is 12.4. The van der Waals surface area contributed by atoms with E-state index in [1.807, 2.05) is 12.1 Å². The number of benzene rings is 1. The van der Waals surface area contributed by atoms with Crippen LogP contribution in [0.5, 0.6) is 0 Å². The number of anilines is 2. The minimum Gasteiger partial charge on any atom is -0.322 e. The molecular weight excluding hydrogens is 466 g/mol. The monoisotopic (exact) mass is 501 g/mol. The van der Waals surface area contributed by atoms with Crippen LogP contribution in [0.3, 0.4) is 0 Å². The number of thiophene rings is 1. The number of nitrogens with one attached hydrogen (secondary N) is 2. The number of likely N-dealkylation sites (tertiary alicyclic amines) is 1. The summed E-state index contributed by atoms with van der Waals surface area (Å²) in [5, 5.41) is 7.37. The summed E-state index contributed by atoms with van der Waals surface area (Å²) in [6.45, 7) is 10.4. The second kappa shape index (κ2) is 10.4. The minimum atomic E-state index is -0.185. The molecule has 0 spiro atoms. The van der Waals surface area contributed by atoms with Crippen LogP contribution in [0.2, 0.25) is 5.02 Å². The topological polar surface area (TPSA) is 61.4 Å². The van der Waals surface area contributed by atoms with Gasteiger partial charge in [-0.3, -0.25) is 14.5 Å². The molecule has 0 bridgehead atoms. The van der Waals surface area contributed by atoms with Gasteiger partial charge in [-0.2, -0.15) is 0 Å². The van der Waals surface area contributed by atoms with Crippen LogP contribution in [-0.4, -0.2) is 35.8 Å². The van der Waals surface area contributed by atoms with Gasteiger partial charge in [0, 0.05) is 21.6 Å². The molecule has 184 valence electrons. The Kier molecular flexibility index (Phi) is 7.70. The number of fused-ring (bicyclic) bond motifs is 1. The van der Waals surface area contributed by atoms with Gasteiger partial charge in [-0.05, 0) is 80.7 Å². The number of hydrogen-bond donors (Lipinski definition) is 2. The van der Waals surface area contributed by atoms with Crippen molar-refractivity contribution >= 4 is 45.4 Å². The highest BCUT2D eigenvalue weighted by atomic mass is 35.5. The Morgan fingerprint density at radius 2 is 1.97 bits per heavy atom. The van der Waals surface area contributed by atoms with Gasteiger partial charge in [0.05, 0.1) is 12.1 Å². The van der Waals surface area contributed by atoms with Crippen LogP contribution in [0.25, 0.3) is 0 Å². The second-order valence-electron chi connectivity index (χ2n) is 10.8.